The van der Waals surface area contributed by atoms with Crippen molar-refractivity contribution >= 4 is 7.82 Å². The van der Waals surface area contributed by atoms with Crippen LogP contribution in [-0.4, -0.2) is 43.5 Å². The van der Waals surface area contributed by atoms with E-state index < -0.39 is 32.6 Å². The maximum Gasteiger partial charge on any atom is 0.472 e. The molecule has 2 aromatic carbocycles. The van der Waals surface area contributed by atoms with Crippen LogP contribution in [0.3, 0.4) is 0 Å². The number of phosphoric ester groups is 1. The Kier molecular flexibility index (Phi) is 26.6. The van der Waals surface area contributed by atoms with Gasteiger partial charge in [-0.25, -0.2) is 4.57 Å². The zero-order valence-corrected chi connectivity index (χ0v) is 33.3. The summed E-state index contributed by atoms with van der Waals surface area (Å²) in [4.78, 5) is 10.6. The molecule has 0 spiro atoms. The van der Waals surface area contributed by atoms with Crippen molar-refractivity contribution in [3.8, 4) is 0 Å². The molecule has 51 heavy (non-hydrogen) atoms. The molecule has 2 rings (SSSR count). The van der Waals surface area contributed by atoms with Gasteiger partial charge in [-0.05, 0) is 26.7 Å². The van der Waals surface area contributed by atoms with Gasteiger partial charge in [-0.1, -0.05) is 177 Å². The third-order valence-electron chi connectivity index (χ3n) is 8.77. The van der Waals surface area contributed by atoms with Crippen molar-refractivity contribution in [3.05, 3.63) is 71.8 Å². The molecule has 0 saturated heterocycles. The molecule has 0 aliphatic carbocycles. The van der Waals surface area contributed by atoms with Crippen molar-refractivity contribution in [2.75, 3.05) is 26.4 Å². The van der Waals surface area contributed by atoms with Gasteiger partial charge in [0, 0.05) is 11.1 Å². The van der Waals surface area contributed by atoms with Crippen molar-refractivity contribution in [1.29, 1.82) is 0 Å². The fourth-order valence-electron chi connectivity index (χ4n) is 5.89. The molecule has 0 radical (unpaired) electrons. The number of hydrogen-bond donors (Lipinski definition) is 1. The lowest BCUT2D eigenvalue weighted by Crippen LogP contribution is -2.22. The molecule has 0 fully saturated rings. The minimum absolute atomic E-state index is 0.0545. The fraction of sp³-hybridized carbons (Fsp3) is 0.714. The summed E-state index contributed by atoms with van der Waals surface area (Å²) in [5.41, 5.74) is 1.78. The Morgan fingerprint density at radius 2 is 0.804 bits per heavy atom. The predicted molar refractivity (Wildman–Crippen MR) is 208 cm³/mol. The summed E-state index contributed by atoms with van der Waals surface area (Å²) < 4.78 is 48.2. The smallest absolute Gasteiger partial charge is 0.348 e. The minimum Gasteiger partial charge on any atom is -0.348 e. The molecule has 4 unspecified atom stereocenters. The topological polar surface area (TPSA) is 92.7 Å². The van der Waals surface area contributed by atoms with E-state index in [1.807, 2.05) is 60.7 Å². The highest BCUT2D eigenvalue weighted by Crippen LogP contribution is 2.46. The normalized spacial score (nSPS) is 15.3. The molecule has 0 aliphatic heterocycles. The van der Waals surface area contributed by atoms with E-state index in [1.165, 1.54) is 89.9 Å². The van der Waals surface area contributed by atoms with E-state index >= 15 is 0 Å². The van der Waals surface area contributed by atoms with E-state index in [-0.39, 0.29) is 13.2 Å². The Labute approximate surface area is 310 Å². The van der Waals surface area contributed by atoms with Gasteiger partial charge in [-0.15, -0.1) is 0 Å². The first-order valence-corrected chi connectivity index (χ1v) is 21.6. The van der Waals surface area contributed by atoms with Crippen LogP contribution in [0.5, 0.6) is 0 Å². The fourth-order valence-corrected chi connectivity index (χ4v) is 6.97. The molecule has 0 aliphatic rings. The van der Waals surface area contributed by atoms with Gasteiger partial charge < -0.3 is 23.8 Å². The lowest BCUT2D eigenvalue weighted by Gasteiger charge is -2.25. The van der Waals surface area contributed by atoms with Crippen molar-refractivity contribution in [2.45, 2.75) is 168 Å². The summed E-state index contributed by atoms with van der Waals surface area (Å²) in [5.74, 6) is 0. The van der Waals surface area contributed by atoms with E-state index in [0.29, 0.717) is 13.2 Å². The van der Waals surface area contributed by atoms with Crippen molar-refractivity contribution < 1.29 is 37.5 Å². The van der Waals surface area contributed by atoms with Gasteiger partial charge in [-0.3, -0.25) is 9.05 Å². The second kappa shape index (κ2) is 29.8. The van der Waals surface area contributed by atoms with Crippen LogP contribution < -0.4 is 0 Å². The number of unbranched alkanes of at least 4 members (excludes halogenated alkanes) is 16. The first-order valence-electron chi connectivity index (χ1n) is 20.1. The number of phosphoric acid groups is 1. The molecular formula is C42H71O8P. The second-order valence-corrected chi connectivity index (χ2v) is 15.2. The highest BCUT2D eigenvalue weighted by atomic mass is 31.2. The van der Waals surface area contributed by atoms with Crippen LogP contribution in [0.15, 0.2) is 60.7 Å². The Morgan fingerprint density at radius 1 is 0.490 bits per heavy atom. The molecule has 0 saturated carbocycles. The summed E-state index contributed by atoms with van der Waals surface area (Å²) in [6.45, 7) is 9.12. The summed E-state index contributed by atoms with van der Waals surface area (Å²) >= 11 is 0. The Bertz CT molecular complexity index is 1020. The van der Waals surface area contributed by atoms with Crippen molar-refractivity contribution in [3.63, 3.8) is 0 Å². The van der Waals surface area contributed by atoms with Gasteiger partial charge >= 0.3 is 7.82 Å². The SMILES string of the molecule is CCCCCCCCCCCOC(OCC(C)OP(=O)(O)OC(C)COC(OCCCCCCCCCCC)c1ccccc1)c1ccccc1. The molecule has 0 bridgehead atoms. The van der Waals surface area contributed by atoms with Crippen LogP contribution in [0.1, 0.15) is 167 Å². The van der Waals surface area contributed by atoms with Crippen LogP contribution in [0, 0.1) is 0 Å². The molecule has 1 N–H and O–H groups in total. The molecule has 0 amide bonds. The highest BCUT2D eigenvalue weighted by Gasteiger charge is 2.29. The monoisotopic (exact) mass is 734 g/mol. The van der Waals surface area contributed by atoms with Crippen LogP contribution in [0.25, 0.3) is 0 Å². The first kappa shape index (κ1) is 45.5. The van der Waals surface area contributed by atoms with Crippen molar-refractivity contribution in [1.82, 2.24) is 0 Å². The molecule has 4 atom stereocenters. The molecule has 8 nitrogen and oxygen atoms in total. The largest absolute Gasteiger partial charge is 0.472 e. The average molecular weight is 735 g/mol. The maximum absolute atomic E-state index is 12.9. The van der Waals surface area contributed by atoms with Crippen molar-refractivity contribution in [2.24, 2.45) is 0 Å². The lowest BCUT2D eigenvalue weighted by molar-refractivity contribution is -0.164. The third kappa shape index (κ3) is 23.6. The number of hydrogen-bond acceptors (Lipinski definition) is 7. The van der Waals surface area contributed by atoms with E-state index in [4.69, 9.17) is 28.0 Å². The number of rotatable bonds is 34. The second-order valence-electron chi connectivity index (χ2n) is 13.9. The Hall–Kier alpha value is -1.61. The van der Waals surface area contributed by atoms with Gasteiger partial charge in [0.25, 0.3) is 0 Å². The average Bonchev–Trinajstić information content (AvgIpc) is 3.12. The van der Waals surface area contributed by atoms with Gasteiger partial charge in [0.2, 0.25) is 0 Å². The van der Waals surface area contributed by atoms with E-state index in [9.17, 15) is 9.46 Å². The third-order valence-corrected chi connectivity index (χ3v) is 10.0. The molecule has 0 aromatic heterocycles. The highest BCUT2D eigenvalue weighted by molar-refractivity contribution is 7.47. The summed E-state index contributed by atoms with van der Waals surface area (Å²) in [7, 11) is -4.40. The quantitative estimate of drug-likeness (QED) is 0.0431. The first-order chi connectivity index (χ1) is 24.8. The Balaban J connectivity index is 1.73. The summed E-state index contributed by atoms with van der Waals surface area (Å²) in [6, 6.07) is 19.5. The number of benzene rings is 2. The Morgan fingerprint density at radius 3 is 1.14 bits per heavy atom. The van der Waals surface area contributed by atoms with Crippen LogP contribution in [-0.2, 0) is 32.6 Å². The minimum atomic E-state index is -4.40. The van der Waals surface area contributed by atoms with Gasteiger partial charge in [-0.2, -0.15) is 0 Å². The molecule has 9 heteroatoms. The summed E-state index contributed by atoms with van der Waals surface area (Å²) in [5, 5.41) is 0. The lowest BCUT2D eigenvalue weighted by atomic mass is 10.1. The summed E-state index contributed by atoms with van der Waals surface area (Å²) in [6.07, 6.45) is 19.7. The molecule has 2 aromatic rings. The predicted octanol–water partition coefficient (Wildman–Crippen LogP) is 12.4. The van der Waals surface area contributed by atoms with E-state index in [0.717, 1.165) is 36.8 Å². The zero-order valence-electron chi connectivity index (χ0n) is 32.4. The van der Waals surface area contributed by atoms with E-state index in [1.54, 1.807) is 13.8 Å². The van der Waals surface area contributed by atoms with Crippen LogP contribution in [0.4, 0.5) is 0 Å². The van der Waals surface area contributed by atoms with Crippen LogP contribution in [0.2, 0.25) is 0 Å². The molecule has 292 valence electrons. The van der Waals surface area contributed by atoms with Gasteiger partial charge in [0.15, 0.2) is 12.6 Å². The van der Waals surface area contributed by atoms with E-state index in [2.05, 4.69) is 13.8 Å². The standard InChI is InChI=1S/C42H71O8P/c1-5-7-9-11-13-15-17-19-27-33-45-41(39-29-23-21-24-30-39)47-35-37(3)49-51(43,44)50-38(4)36-48-42(40-31-25-22-26-32-40)46-34-28-20-18-16-14-12-10-8-6-2/h21-26,29-32,37-38,41-42H,5-20,27-28,33-36H2,1-4H3,(H,43,44). The molecule has 0 heterocycles. The zero-order chi connectivity index (χ0) is 36.8. The van der Waals surface area contributed by atoms with Gasteiger partial charge in [0.05, 0.1) is 38.6 Å². The van der Waals surface area contributed by atoms with Crippen LogP contribution >= 0.6 is 7.82 Å². The maximum atomic E-state index is 12.9. The number of ether oxygens (including phenoxy) is 4. The molecular weight excluding hydrogens is 663 g/mol. The van der Waals surface area contributed by atoms with Gasteiger partial charge in [0.1, 0.15) is 0 Å².